The summed E-state index contributed by atoms with van der Waals surface area (Å²) in [5, 5.41) is 9.09. The minimum absolute atomic E-state index is 0.0525. The molecular weight excluding hydrogens is 412 g/mol. The molecular formula is C23H30N4O3S. The van der Waals surface area contributed by atoms with Crippen molar-refractivity contribution in [2.24, 2.45) is 0 Å². The topological polar surface area (TPSA) is 90.5 Å². The zero-order valence-electron chi connectivity index (χ0n) is 18.5. The Balaban J connectivity index is 1.84. The molecule has 1 fully saturated rings. The molecule has 0 aliphatic carbocycles. The van der Waals surface area contributed by atoms with Crippen LogP contribution in [0.25, 0.3) is 0 Å². The van der Waals surface area contributed by atoms with Crippen molar-refractivity contribution in [1.29, 1.82) is 0 Å². The van der Waals surface area contributed by atoms with Crippen LogP contribution in [0, 0.1) is 0 Å². The van der Waals surface area contributed by atoms with Gasteiger partial charge in [-0.3, -0.25) is 14.9 Å². The molecule has 1 aromatic carbocycles. The van der Waals surface area contributed by atoms with Crippen molar-refractivity contribution in [2.75, 3.05) is 30.3 Å². The number of urea groups is 1. The van der Waals surface area contributed by atoms with Crippen molar-refractivity contribution in [3.8, 4) is 0 Å². The van der Waals surface area contributed by atoms with Crippen molar-refractivity contribution >= 4 is 39.9 Å². The SMILES string of the molecule is CCc1ccccc1NC(=O)Nc1sc(C(C)(C)C)cc1C(=O)N1CCNC(=O)CC1. The van der Waals surface area contributed by atoms with Gasteiger partial charge in [0.25, 0.3) is 5.91 Å². The molecule has 2 aromatic rings. The molecule has 0 atom stereocenters. The molecule has 7 nitrogen and oxygen atoms in total. The average Bonchev–Trinajstić information content (AvgIpc) is 3.02. The van der Waals surface area contributed by atoms with Gasteiger partial charge in [-0.1, -0.05) is 45.9 Å². The fraction of sp³-hybridized carbons (Fsp3) is 0.435. The van der Waals surface area contributed by atoms with Crippen molar-refractivity contribution in [3.05, 3.63) is 46.3 Å². The van der Waals surface area contributed by atoms with Gasteiger partial charge in [-0.2, -0.15) is 0 Å². The first-order chi connectivity index (χ1) is 14.7. The fourth-order valence-electron chi connectivity index (χ4n) is 3.36. The molecule has 1 saturated heterocycles. The predicted molar refractivity (Wildman–Crippen MR) is 125 cm³/mol. The van der Waals surface area contributed by atoms with Crippen LogP contribution >= 0.6 is 11.3 Å². The van der Waals surface area contributed by atoms with E-state index >= 15 is 0 Å². The van der Waals surface area contributed by atoms with Crippen molar-refractivity contribution in [3.63, 3.8) is 0 Å². The van der Waals surface area contributed by atoms with Gasteiger partial charge in [-0.15, -0.1) is 11.3 Å². The van der Waals surface area contributed by atoms with Crippen LogP contribution in [-0.2, 0) is 16.6 Å². The van der Waals surface area contributed by atoms with Gasteiger partial charge in [0.1, 0.15) is 5.00 Å². The molecule has 0 saturated carbocycles. The minimum Gasteiger partial charge on any atom is -0.354 e. The Morgan fingerprint density at radius 3 is 2.61 bits per heavy atom. The second kappa shape index (κ2) is 9.51. The third-order valence-corrected chi connectivity index (χ3v) is 6.65. The smallest absolute Gasteiger partial charge is 0.324 e. The maximum absolute atomic E-state index is 13.3. The lowest BCUT2D eigenvalue weighted by Gasteiger charge is -2.20. The van der Waals surface area contributed by atoms with Crippen LogP contribution in [0.2, 0.25) is 0 Å². The number of carbonyl (C=O) groups is 3. The summed E-state index contributed by atoms with van der Waals surface area (Å²) in [7, 11) is 0. The maximum atomic E-state index is 13.3. The van der Waals surface area contributed by atoms with Gasteiger partial charge in [0.05, 0.1) is 5.56 Å². The Kier molecular flexibility index (Phi) is 7.00. The van der Waals surface area contributed by atoms with Crippen molar-refractivity contribution < 1.29 is 14.4 Å². The van der Waals surface area contributed by atoms with Crippen LogP contribution in [0.1, 0.15) is 54.9 Å². The summed E-state index contributed by atoms with van der Waals surface area (Å²) >= 11 is 1.41. The Labute approximate surface area is 187 Å². The Morgan fingerprint density at radius 1 is 1.16 bits per heavy atom. The third kappa shape index (κ3) is 5.64. The number of anilines is 2. The summed E-state index contributed by atoms with van der Waals surface area (Å²) in [5.41, 5.74) is 2.09. The molecule has 31 heavy (non-hydrogen) atoms. The maximum Gasteiger partial charge on any atom is 0.324 e. The number of para-hydroxylation sites is 1. The van der Waals surface area contributed by atoms with E-state index in [1.165, 1.54) is 11.3 Å². The van der Waals surface area contributed by atoms with E-state index in [0.717, 1.165) is 22.5 Å². The Bertz CT molecular complexity index is 977. The summed E-state index contributed by atoms with van der Waals surface area (Å²) < 4.78 is 0. The normalized spacial score (nSPS) is 14.6. The van der Waals surface area contributed by atoms with Crippen LogP contribution in [0.15, 0.2) is 30.3 Å². The van der Waals surface area contributed by atoms with E-state index in [0.29, 0.717) is 30.2 Å². The quantitative estimate of drug-likeness (QED) is 0.662. The van der Waals surface area contributed by atoms with Gasteiger partial charge in [-0.05, 0) is 29.5 Å². The van der Waals surface area contributed by atoms with E-state index in [4.69, 9.17) is 0 Å². The molecule has 3 rings (SSSR count). The molecule has 4 amide bonds. The highest BCUT2D eigenvalue weighted by atomic mass is 32.1. The molecule has 0 radical (unpaired) electrons. The first kappa shape index (κ1) is 22.8. The highest BCUT2D eigenvalue weighted by Gasteiger charge is 2.28. The van der Waals surface area contributed by atoms with Crippen LogP contribution in [-0.4, -0.2) is 42.4 Å². The molecule has 166 valence electrons. The highest BCUT2D eigenvalue weighted by molar-refractivity contribution is 7.16. The number of hydrogen-bond acceptors (Lipinski definition) is 4. The summed E-state index contributed by atoms with van der Waals surface area (Å²) in [6, 6.07) is 9.13. The number of thiophene rings is 1. The standard InChI is InChI=1S/C23H30N4O3S/c1-5-15-8-6-7-9-17(15)25-22(30)26-20-16(14-18(31-20)23(2,3)4)21(29)27-12-10-19(28)24-11-13-27/h6-9,14H,5,10-13H2,1-4H3,(H,24,28)(H2,25,26,30). The van der Waals surface area contributed by atoms with Crippen LogP contribution in [0.5, 0.6) is 0 Å². The molecule has 0 bridgehead atoms. The Morgan fingerprint density at radius 2 is 1.90 bits per heavy atom. The van der Waals surface area contributed by atoms with E-state index in [1.54, 1.807) is 4.90 Å². The van der Waals surface area contributed by atoms with E-state index in [-0.39, 0.29) is 29.7 Å². The van der Waals surface area contributed by atoms with Gasteiger partial charge in [0.2, 0.25) is 5.91 Å². The predicted octanol–water partition coefficient (Wildman–Crippen LogP) is 4.21. The molecule has 1 aliphatic heterocycles. The van der Waals surface area contributed by atoms with Crippen LogP contribution in [0.3, 0.4) is 0 Å². The lowest BCUT2D eigenvalue weighted by molar-refractivity contribution is -0.120. The number of amides is 4. The molecule has 2 heterocycles. The van der Waals surface area contributed by atoms with Gasteiger partial charge in [0, 0.05) is 36.6 Å². The van der Waals surface area contributed by atoms with Gasteiger partial charge in [0.15, 0.2) is 0 Å². The van der Waals surface area contributed by atoms with Gasteiger partial charge < -0.3 is 15.5 Å². The number of carbonyl (C=O) groups excluding carboxylic acids is 3. The third-order valence-electron chi connectivity index (χ3n) is 5.18. The lowest BCUT2D eigenvalue weighted by atomic mass is 9.94. The highest BCUT2D eigenvalue weighted by Crippen LogP contribution is 2.37. The minimum atomic E-state index is -0.384. The molecule has 1 aromatic heterocycles. The van der Waals surface area contributed by atoms with Crippen molar-refractivity contribution in [2.45, 2.75) is 46.0 Å². The summed E-state index contributed by atoms with van der Waals surface area (Å²) in [5.74, 6) is -0.226. The van der Waals surface area contributed by atoms with Crippen LogP contribution in [0.4, 0.5) is 15.5 Å². The number of aryl methyl sites for hydroxylation is 1. The Hall–Kier alpha value is -2.87. The average molecular weight is 443 g/mol. The number of rotatable bonds is 4. The first-order valence-electron chi connectivity index (χ1n) is 10.5. The molecule has 8 heteroatoms. The number of benzene rings is 1. The number of nitrogens with one attached hydrogen (secondary N) is 3. The van der Waals surface area contributed by atoms with E-state index < -0.39 is 0 Å². The molecule has 1 aliphatic rings. The lowest BCUT2D eigenvalue weighted by Crippen LogP contribution is -2.34. The van der Waals surface area contributed by atoms with Gasteiger partial charge >= 0.3 is 6.03 Å². The fourth-order valence-corrected chi connectivity index (χ4v) is 4.46. The van der Waals surface area contributed by atoms with E-state index in [1.807, 2.05) is 37.3 Å². The first-order valence-corrected chi connectivity index (χ1v) is 11.4. The zero-order chi connectivity index (χ0) is 22.6. The largest absolute Gasteiger partial charge is 0.354 e. The van der Waals surface area contributed by atoms with Crippen LogP contribution < -0.4 is 16.0 Å². The summed E-state index contributed by atoms with van der Waals surface area (Å²) in [4.78, 5) is 40.4. The van der Waals surface area contributed by atoms with E-state index in [2.05, 4.69) is 36.7 Å². The van der Waals surface area contributed by atoms with Crippen molar-refractivity contribution in [1.82, 2.24) is 10.2 Å². The zero-order valence-corrected chi connectivity index (χ0v) is 19.3. The second-order valence-corrected chi connectivity index (χ2v) is 9.64. The number of hydrogen-bond donors (Lipinski definition) is 3. The molecule has 3 N–H and O–H groups in total. The van der Waals surface area contributed by atoms with Gasteiger partial charge in [-0.25, -0.2) is 4.79 Å². The monoisotopic (exact) mass is 442 g/mol. The summed E-state index contributed by atoms with van der Waals surface area (Å²) in [6.45, 7) is 9.49. The molecule has 0 spiro atoms. The number of nitrogens with zero attached hydrogens (tertiary/aromatic N) is 1. The molecule has 0 unspecified atom stereocenters. The second-order valence-electron chi connectivity index (χ2n) is 8.59. The summed E-state index contributed by atoms with van der Waals surface area (Å²) in [6.07, 6.45) is 1.08. The van der Waals surface area contributed by atoms with E-state index in [9.17, 15) is 14.4 Å².